The fourth-order valence-corrected chi connectivity index (χ4v) is 1.28. The molecule has 2 heteroatoms. The molecule has 1 aliphatic heterocycles. The molecule has 0 aromatic rings. The van der Waals surface area contributed by atoms with E-state index in [0.29, 0.717) is 12.7 Å². The summed E-state index contributed by atoms with van der Waals surface area (Å²) >= 11 is 0. The number of unbranched alkanes of at least 4 members (excludes halogenated alkanes) is 1. The summed E-state index contributed by atoms with van der Waals surface area (Å²) in [7, 11) is 0. The standard InChI is InChI=1S/C9H16O2/c10-7-3-1-5-9-6-2-4-8-11-9/h4,8-10H,1-3,5-7H2. The van der Waals surface area contributed by atoms with E-state index in [0.717, 1.165) is 32.1 Å². The number of aliphatic hydroxyl groups is 1. The SMILES string of the molecule is OCCCCC1CCC=CO1. The first-order valence-corrected chi connectivity index (χ1v) is 4.35. The van der Waals surface area contributed by atoms with Gasteiger partial charge in [0.25, 0.3) is 0 Å². The van der Waals surface area contributed by atoms with Gasteiger partial charge in [-0.2, -0.15) is 0 Å². The number of ether oxygens (including phenoxy) is 1. The maximum atomic E-state index is 8.54. The summed E-state index contributed by atoms with van der Waals surface area (Å²) in [6.45, 7) is 0.308. The van der Waals surface area contributed by atoms with Gasteiger partial charge in [0.2, 0.25) is 0 Å². The van der Waals surface area contributed by atoms with E-state index in [1.54, 1.807) is 6.26 Å². The largest absolute Gasteiger partial charge is 0.498 e. The molecule has 0 saturated carbocycles. The second-order valence-electron chi connectivity index (χ2n) is 2.93. The van der Waals surface area contributed by atoms with Gasteiger partial charge in [-0.05, 0) is 38.2 Å². The minimum Gasteiger partial charge on any atom is -0.498 e. The lowest BCUT2D eigenvalue weighted by Gasteiger charge is -2.18. The van der Waals surface area contributed by atoms with Gasteiger partial charge in [0.05, 0.1) is 12.4 Å². The normalized spacial score (nSPS) is 23.2. The first-order valence-electron chi connectivity index (χ1n) is 4.35. The highest BCUT2D eigenvalue weighted by Gasteiger charge is 2.09. The zero-order valence-corrected chi connectivity index (χ0v) is 6.83. The van der Waals surface area contributed by atoms with Gasteiger partial charge in [0.15, 0.2) is 0 Å². The second kappa shape index (κ2) is 5.19. The Morgan fingerprint density at radius 2 is 2.36 bits per heavy atom. The Kier molecular flexibility index (Phi) is 4.06. The number of hydrogen-bond donors (Lipinski definition) is 1. The number of aliphatic hydroxyl groups excluding tert-OH is 1. The van der Waals surface area contributed by atoms with E-state index in [1.807, 2.05) is 0 Å². The van der Waals surface area contributed by atoms with Crippen molar-refractivity contribution < 1.29 is 9.84 Å². The highest BCUT2D eigenvalue weighted by Crippen LogP contribution is 2.15. The molecule has 0 spiro atoms. The number of hydrogen-bond acceptors (Lipinski definition) is 2. The first kappa shape index (κ1) is 8.60. The van der Waals surface area contributed by atoms with Gasteiger partial charge in [-0.3, -0.25) is 0 Å². The Bertz CT molecular complexity index is 121. The monoisotopic (exact) mass is 156 g/mol. The average Bonchev–Trinajstić information content (AvgIpc) is 2.07. The van der Waals surface area contributed by atoms with Crippen LogP contribution in [-0.4, -0.2) is 17.8 Å². The molecule has 64 valence electrons. The molecule has 1 atom stereocenters. The van der Waals surface area contributed by atoms with Crippen LogP contribution < -0.4 is 0 Å². The topological polar surface area (TPSA) is 29.5 Å². The highest BCUT2D eigenvalue weighted by molar-refractivity contribution is 4.81. The van der Waals surface area contributed by atoms with Gasteiger partial charge in [-0.15, -0.1) is 0 Å². The van der Waals surface area contributed by atoms with Gasteiger partial charge in [0, 0.05) is 6.61 Å². The molecule has 0 aromatic heterocycles. The minimum absolute atomic E-state index is 0.308. The molecule has 1 heterocycles. The van der Waals surface area contributed by atoms with Crippen molar-refractivity contribution in [1.82, 2.24) is 0 Å². The van der Waals surface area contributed by atoms with Crippen LogP contribution >= 0.6 is 0 Å². The Hall–Kier alpha value is -0.500. The third kappa shape index (κ3) is 3.42. The first-order chi connectivity index (χ1) is 5.43. The van der Waals surface area contributed by atoms with Crippen LogP contribution in [-0.2, 0) is 4.74 Å². The van der Waals surface area contributed by atoms with E-state index < -0.39 is 0 Å². The Labute approximate surface area is 67.9 Å². The van der Waals surface area contributed by atoms with Crippen LogP contribution in [0.4, 0.5) is 0 Å². The van der Waals surface area contributed by atoms with E-state index >= 15 is 0 Å². The lowest BCUT2D eigenvalue weighted by molar-refractivity contribution is 0.111. The predicted molar refractivity (Wildman–Crippen MR) is 44.2 cm³/mol. The molecule has 1 unspecified atom stereocenters. The van der Waals surface area contributed by atoms with Gasteiger partial charge in [-0.25, -0.2) is 0 Å². The third-order valence-electron chi connectivity index (χ3n) is 1.96. The number of rotatable bonds is 4. The van der Waals surface area contributed by atoms with Crippen LogP contribution in [0.5, 0.6) is 0 Å². The van der Waals surface area contributed by atoms with Crippen LogP contribution in [0.15, 0.2) is 12.3 Å². The van der Waals surface area contributed by atoms with Gasteiger partial charge >= 0.3 is 0 Å². The van der Waals surface area contributed by atoms with Crippen molar-refractivity contribution in [1.29, 1.82) is 0 Å². The smallest absolute Gasteiger partial charge is 0.0981 e. The Morgan fingerprint density at radius 1 is 1.45 bits per heavy atom. The average molecular weight is 156 g/mol. The van der Waals surface area contributed by atoms with Crippen LogP contribution in [0, 0.1) is 0 Å². The number of allylic oxidation sites excluding steroid dienone is 1. The predicted octanol–water partition coefficient (Wildman–Crippen LogP) is 1.84. The van der Waals surface area contributed by atoms with Crippen molar-refractivity contribution in [3.05, 3.63) is 12.3 Å². The van der Waals surface area contributed by atoms with E-state index in [1.165, 1.54) is 0 Å². The van der Waals surface area contributed by atoms with E-state index in [9.17, 15) is 0 Å². The maximum Gasteiger partial charge on any atom is 0.0981 e. The Morgan fingerprint density at radius 3 is 3.00 bits per heavy atom. The molecule has 1 aliphatic rings. The minimum atomic E-state index is 0.308. The highest BCUT2D eigenvalue weighted by atomic mass is 16.5. The van der Waals surface area contributed by atoms with Crippen molar-refractivity contribution in [3.8, 4) is 0 Å². The molecule has 0 radical (unpaired) electrons. The summed E-state index contributed by atoms with van der Waals surface area (Å²) in [5.41, 5.74) is 0. The van der Waals surface area contributed by atoms with Crippen LogP contribution in [0.3, 0.4) is 0 Å². The molecule has 0 aromatic carbocycles. The van der Waals surface area contributed by atoms with Crippen molar-refractivity contribution in [2.45, 2.75) is 38.2 Å². The lowest BCUT2D eigenvalue weighted by Crippen LogP contribution is -2.12. The second-order valence-corrected chi connectivity index (χ2v) is 2.93. The van der Waals surface area contributed by atoms with E-state index in [2.05, 4.69) is 6.08 Å². The van der Waals surface area contributed by atoms with E-state index in [-0.39, 0.29) is 0 Å². The van der Waals surface area contributed by atoms with Gasteiger partial charge in [-0.1, -0.05) is 0 Å². The lowest BCUT2D eigenvalue weighted by atomic mass is 10.1. The van der Waals surface area contributed by atoms with Crippen molar-refractivity contribution in [3.63, 3.8) is 0 Å². The van der Waals surface area contributed by atoms with Crippen LogP contribution in [0.25, 0.3) is 0 Å². The summed E-state index contributed by atoms with van der Waals surface area (Å²) in [5.74, 6) is 0. The molecule has 2 nitrogen and oxygen atoms in total. The molecule has 11 heavy (non-hydrogen) atoms. The summed E-state index contributed by atoms with van der Waals surface area (Å²) in [5, 5.41) is 8.54. The summed E-state index contributed by atoms with van der Waals surface area (Å²) in [6, 6.07) is 0. The van der Waals surface area contributed by atoms with Crippen LogP contribution in [0.1, 0.15) is 32.1 Å². The van der Waals surface area contributed by atoms with Gasteiger partial charge < -0.3 is 9.84 Å². The third-order valence-corrected chi connectivity index (χ3v) is 1.96. The molecule has 1 N–H and O–H groups in total. The Balaban J connectivity index is 2.02. The summed E-state index contributed by atoms with van der Waals surface area (Å²) in [6.07, 6.45) is 9.62. The molecular weight excluding hydrogens is 140 g/mol. The quantitative estimate of drug-likeness (QED) is 0.629. The molecule has 0 bridgehead atoms. The van der Waals surface area contributed by atoms with Crippen LogP contribution in [0.2, 0.25) is 0 Å². The summed E-state index contributed by atoms with van der Waals surface area (Å²) in [4.78, 5) is 0. The van der Waals surface area contributed by atoms with Crippen molar-refractivity contribution in [2.75, 3.05) is 6.61 Å². The fraction of sp³-hybridized carbons (Fsp3) is 0.778. The molecule has 0 amide bonds. The molecule has 0 aliphatic carbocycles. The molecule has 0 fully saturated rings. The zero-order valence-electron chi connectivity index (χ0n) is 6.83. The van der Waals surface area contributed by atoms with Gasteiger partial charge in [0.1, 0.15) is 0 Å². The molecular formula is C9H16O2. The zero-order chi connectivity index (χ0) is 7.94. The fourth-order valence-electron chi connectivity index (χ4n) is 1.28. The molecule has 0 saturated heterocycles. The maximum absolute atomic E-state index is 8.54. The summed E-state index contributed by atoms with van der Waals surface area (Å²) < 4.78 is 5.36. The van der Waals surface area contributed by atoms with Crippen molar-refractivity contribution >= 4 is 0 Å². The molecule has 1 rings (SSSR count). The van der Waals surface area contributed by atoms with E-state index in [4.69, 9.17) is 9.84 Å². The van der Waals surface area contributed by atoms with Crippen molar-refractivity contribution in [2.24, 2.45) is 0 Å².